The smallest absolute Gasteiger partial charge is 0.428 e. The molecule has 3 aromatic carbocycles. The largest absolute Gasteiger partial charge is 0.461 e. The summed E-state index contributed by atoms with van der Waals surface area (Å²) >= 11 is 0. The number of rotatable bonds is 5. The van der Waals surface area contributed by atoms with E-state index in [1.165, 1.54) is 30.3 Å². The van der Waals surface area contributed by atoms with Gasteiger partial charge in [0.05, 0.1) is 6.04 Å². The zero-order valence-corrected chi connectivity index (χ0v) is 15.7. The van der Waals surface area contributed by atoms with E-state index >= 15 is 0 Å². The molecule has 1 unspecified atom stereocenters. The summed E-state index contributed by atoms with van der Waals surface area (Å²) in [5.41, 5.74) is 4.25. The number of benzene rings is 3. The highest BCUT2D eigenvalue weighted by Gasteiger charge is 2.44. The molecule has 0 aromatic heterocycles. The van der Waals surface area contributed by atoms with Crippen LogP contribution in [0.25, 0.3) is 11.1 Å². The summed E-state index contributed by atoms with van der Waals surface area (Å²) in [6, 6.07) is 17.6. The monoisotopic (exact) mass is 419 g/mol. The molecule has 2 nitrogen and oxygen atoms in total. The molecule has 0 spiro atoms. The van der Waals surface area contributed by atoms with Crippen LogP contribution in [0.2, 0.25) is 0 Å². The number of ether oxygens (including phenoxy) is 1. The van der Waals surface area contributed by atoms with E-state index in [1.807, 2.05) is 24.3 Å². The molecule has 30 heavy (non-hydrogen) atoms. The van der Waals surface area contributed by atoms with Crippen LogP contribution in [-0.2, 0) is 6.42 Å². The van der Waals surface area contributed by atoms with E-state index in [-0.39, 0.29) is 17.6 Å². The molecule has 0 saturated carbocycles. The van der Waals surface area contributed by atoms with Crippen molar-refractivity contribution >= 4 is 5.69 Å². The molecule has 0 aliphatic carbocycles. The molecule has 0 saturated heterocycles. The fraction of sp³-hybridized carbons (Fsp3) is 0.217. The number of fused-ring (bicyclic) bond motifs is 1. The molecule has 1 aliphatic heterocycles. The fourth-order valence-corrected chi connectivity index (χ4v) is 3.71. The van der Waals surface area contributed by atoms with Gasteiger partial charge in [-0.25, -0.2) is 4.39 Å². The molecule has 3 aromatic rings. The number of anilines is 1. The first kappa shape index (κ1) is 20.2. The maximum atomic E-state index is 13.6. The van der Waals surface area contributed by atoms with Gasteiger partial charge in [0.25, 0.3) is 0 Å². The predicted molar refractivity (Wildman–Crippen MR) is 105 cm³/mol. The van der Waals surface area contributed by atoms with Crippen LogP contribution in [-0.4, -0.2) is 12.5 Å². The van der Waals surface area contributed by atoms with E-state index in [0.29, 0.717) is 18.4 Å². The highest BCUT2D eigenvalue weighted by molar-refractivity contribution is 5.75. The topological polar surface area (TPSA) is 21.3 Å². The van der Waals surface area contributed by atoms with Crippen LogP contribution in [0.3, 0.4) is 0 Å². The van der Waals surface area contributed by atoms with Gasteiger partial charge in [0.1, 0.15) is 11.6 Å². The third-order valence-corrected chi connectivity index (χ3v) is 5.09. The highest BCUT2D eigenvalue weighted by Crippen LogP contribution is 2.39. The Morgan fingerprint density at radius 2 is 1.73 bits per heavy atom. The maximum absolute atomic E-state index is 13.6. The molecule has 0 bridgehead atoms. The third kappa shape index (κ3) is 4.10. The van der Waals surface area contributed by atoms with Gasteiger partial charge in [-0.05, 0) is 65.4 Å². The lowest BCUT2D eigenvalue weighted by Crippen LogP contribution is -2.33. The van der Waals surface area contributed by atoms with Crippen LogP contribution in [0.4, 0.5) is 27.6 Å². The second-order valence-corrected chi connectivity index (χ2v) is 7.11. The van der Waals surface area contributed by atoms with Crippen LogP contribution in [0, 0.1) is 5.82 Å². The molecule has 4 rings (SSSR count). The number of alkyl halides is 4. The molecule has 1 atom stereocenters. The Morgan fingerprint density at radius 3 is 2.50 bits per heavy atom. The van der Waals surface area contributed by atoms with Crippen molar-refractivity contribution in [3.8, 4) is 16.9 Å². The van der Waals surface area contributed by atoms with Crippen LogP contribution >= 0.6 is 0 Å². The predicted octanol–water partition coefficient (Wildman–Crippen LogP) is 6.83. The van der Waals surface area contributed by atoms with E-state index in [1.54, 1.807) is 12.1 Å². The van der Waals surface area contributed by atoms with Crippen molar-refractivity contribution in [2.45, 2.75) is 31.4 Å². The van der Waals surface area contributed by atoms with E-state index < -0.39 is 12.5 Å². The van der Waals surface area contributed by atoms with Gasteiger partial charge in [0, 0.05) is 5.69 Å². The summed E-state index contributed by atoms with van der Waals surface area (Å²) in [7, 11) is 0. The highest BCUT2D eigenvalue weighted by atomic mass is 19.3. The van der Waals surface area contributed by atoms with Crippen molar-refractivity contribution in [3.05, 3.63) is 83.7 Å². The second kappa shape index (κ2) is 7.97. The summed E-state index contributed by atoms with van der Waals surface area (Å²) in [4.78, 5) is 0. The van der Waals surface area contributed by atoms with Gasteiger partial charge < -0.3 is 10.1 Å². The Labute approximate surface area is 170 Å². The SMILES string of the molecule is Fc1cccc(-c2cccc3c2CCC(c2cccc(OC(F)(F)C(F)F)c2)N3)c1. The minimum Gasteiger partial charge on any atom is -0.428 e. The third-order valence-electron chi connectivity index (χ3n) is 5.09. The Kier molecular flexibility index (Phi) is 5.37. The Bertz CT molecular complexity index is 1050. The average Bonchev–Trinajstić information content (AvgIpc) is 2.72. The van der Waals surface area contributed by atoms with Gasteiger partial charge in [-0.2, -0.15) is 17.6 Å². The fourth-order valence-electron chi connectivity index (χ4n) is 3.71. The summed E-state index contributed by atoms with van der Waals surface area (Å²) in [6.07, 6.45) is -7.14. The molecule has 7 heteroatoms. The molecule has 0 fully saturated rings. The van der Waals surface area contributed by atoms with Crippen molar-refractivity contribution in [2.75, 3.05) is 5.32 Å². The summed E-state index contributed by atoms with van der Waals surface area (Å²) < 4.78 is 69.1. The van der Waals surface area contributed by atoms with Crippen LogP contribution in [0.15, 0.2) is 66.7 Å². The van der Waals surface area contributed by atoms with Gasteiger partial charge in [-0.1, -0.05) is 36.4 Å². The van der Waals surface area contributed by atoms with E-state index in [4.69, 9.17) is 0 Å². The molecule has 1 aliphatic rings. The van der Waals surface area contributed by atoms with Crippen molar-refractivity contribution < 1.29 is 26.7 Å². The molecule has 0 radical (unpaired) electrons. The van der Waals surface area contributed by atoms with Crippen LogP contribution < -0.4 is 10.1 Å². The summed E-state index contributed by atoms with van der Waals surface area (Å²) in [5.74, 6) is -0.636. The normalized spacial score (nSPS) is 16.1. The summed E-state index contributed by atoms with van der Waals surface area (Å²) in [6.45, 7) is 0. The van der Waals surface area contributed by atoms with Crippen molar-refractivity contribution in [2.24, 2.45) is 0 Å². The number of hydrogen-bond acceptors (Lipinski definition) is 2. The number of nitrogens with one attached hydrogen (secondary N) is 1. The quantitative estimate of drug-likeness (QED) is 0.458. The van der Waals surface area contributed by atoms with Crippen molar-refractivity contribution in [1.29, 1.82) is 0 Å². The van der Waals surface area contributed by atoms with Gasteiger partial charge in [0.15, 0.2) is 0 Å². The molecule has 0 amide bonds. The van der Waals surface area contributed by atoms with Crippen molar-refractivity contribution in [3.63, 3.8) is 0 Å². The second-order valence-electron chi connectivity index (χ2n) is 7.11. The average molecular weight is 419 g/mol. The Morgan fingerprint density at radius 1 is 0.967 bits per heavy atom. The Hall–Kier alpha value is -3.09. The first-order valence-electron chi connectivity index (χ1n) is 9.43. The lowest BCUT2D eigenvalue weighted by Gasteiger charge is -2.29. The molecule has 156 valence electrons. The van der Waals surface area contributed by atoms with Crippen molar-refractivity contribution in [1.82, 2.24) is 0 Å². The molecular weight excluding hydrogens is 401 g/mol. The van der Waals surface area contributed by atoms with Gasteiger partial charge in [-0.15, -0.1) is 0 Å². The number of hydrogen-bond donors (Lipinski definition) is 1. The Balaban J connectivity index is 1.58. The van der Waals surface area contributed by atoms with E-state index in [2.05, 4.69) is 10.1 Å². The summed E-state index contributed by atoms with van der Waals surface area (Å²) in [5, 5.41) is 3.37. The van der Waals surface area contributed by atoms with Gasteiger partial charge in [0.2, 0.25) is 0 Å². The van der Waals surface area contributed by atoms with Crippen LogP contribution in [0.5, 0.6) is 5.75 Å². The molecule has 1 heterocycles. The lowest BCUT2D eigenvalue weighted by molar-refractivity contribution is -0.253. The number of halogens is 5. The first-order chi connectivity index (χ1) is 14.3. The maximum Gasteiger partial charge on any atom is 0.461 e. The van der Waals surface area contributed by atoms with Gasteiger partial charge in [-0.3, -0.25) is 0 Å². The van der Waals surface area contributed by atoms with E-state index in [9.17, 15) is 22.0 Å². The molecular formula is C23H18F5NO. The van der Waals surface area contributed by atoms with E-state index in [0.717, 1.165) is 22.4 Å². The minimum atomic E-state index is -4.55. The first-order valence-corrected chi connectivity index (χ1v) is 9.43. The zero-order valence-electron chi connectivity index (χ0n) is 15.7. The standard InChI is InChI=1S/C23H18F5NO/c24-16-6-1-4-14(12-16)18-8-3-9-21-19(18)10-11-20(29-21)15-5-2-7-17(13-15)30-23(27,28)22(25)26/h1-9,12-13,20,22,29H,10-11H2. The molecule has 1 N–H and O–H groups in total. The minimum absolute atomic E-state index is 0.205. The van der Waals surface area contributed by atoms with Crippen LogP contribution in [0.1, 0.15) is 23.6 Å². The zero-order chi connectivity index (χ0) is 21.3. The lowest BCUT2D eigenvalue weighted by atomic mass is 9.88. The van der Waals surface area contributed by atoms with Gasteiger partial charge >= 0.3 is 12.5 Å².